The average molecular weight is 492 g/mol. The fraction of sp³-hybridized carbons (Fsp3) is 0.625. The van der Waals surface area contributed by atoms with Crippen molar-refractivity contribution in [3.8, 4) is 0 Å². The number of esters is 1. The van der Waals surface area contributed by atoms with Crippen LogP contribution in [0.4, 0.5) is 0 Å². The van der Waals surface area contributed by atoms with Crippen molar-refractivity contribution in [3.63, 3.8) is 0 Å². The lowest BCUT2D eigenvalue weighted by molar-refractivity contribution is -0.154. The Kier molecular flexibility index (Phi) is 8.83. The summed E-state index contributed by atoms with van der Waals surface area (Å²) in [5, 5.41) is 4.85. The van der Waals surface area contributed by atoms with Crippen molar-refractivity contribution < 1.29 is 18.4 Å². The van der Waals surface area contributed by atoms with E-state index in [1.165, 1.54) is 0 Å². The molecule has 0 radical (unpaired) electrons. The van der Waals surface area contributed by atoms with Crippen molar-refractivity contribution in [2.24, 2.45) is 0 Å². The maximum Gasteiger partial charge on any atom is 0.334 e. The number of hydrogen-bond donors (Lipinski definition) is 0. The van der Waals surface area contributed by atoms with E-state index < -0.39 is 22.2 Å². The molecule has 0 spiro atoms. The maximum absolute atomic E-state index is 13.4. The van der Waals surface area contributed by atoms with Crippen molar-refractivity contribution in [1.82, 2.24) is 14.8 Å². The zero-order valence-electron chi connectivity index (χ0n) is 21.9. The highest BCUT2D eigenvalue weighted by Gasteiger charge is 2.42. The van der Waals surface area contributed by atoms with Crippen LogP contribution in [0.1, 0.15) is 57.1 Å². The zero-order chi connectivity index (χ0) is 25.0. The molecular formula is C24H41N3O4Si2. The molecule has 7 nitrogen and oxygen atoms in total. The van der Waals surface area contributed by atoms with Gasteiger partial charge in [0.05, 0.1) is 6.61 Å². The molecule has 1 aromatic carbocycles. The van der Waals surface area contributed by atoms with Crippen molar-refractivity contribution >= 4 is 22.6 Å². The number of nitrogens with zero attached hydrogens (tertiary/aromatic N) is 3. The first-order valence-electron chi connectivity index (χ1n) is 11.7. The summed E-state index contributed by atoms with van der Waals surface area (Å²) in [5.74, 6) is 0.831. The Morgan fingerprint density at radius 3 is 2.06 bits per heavy atom. The predicted octanol–water partition coefficient (Wildman–Crippen LogP) is 5.62. The second kappa shape index (κ2) is 10.6. The Labute approximate surface area is 201 Å². The second-order valence-electron chi connectivity index (χ2n) is 10.6. The van der Waals surface area contributed by atoms with Crippen LogP contribution in [0.2, 0.25) is 39.3 Å². The van der Waals surface area contributed by atoms with E-state index in [-0.39, 0.29) is 24.8 Å². The van der Waals surface area contributed by atoms with Crippen LogP contribution in [-0.2, 0) is 30.3 Å². The average Bonchev–Trinajstić information content (AvgIpc) is 3.13. The second-order valence-corrected chi connectivity index (χ2v) is 19.6. The molecule has 2 rings (SSSR count). The summed E-state index contributed by atoms with van der Waals surface area (Å²) in [5.41, 5.74) is -0.0744. The molecule has 0 aliphatic heterocycles. The van der Waals surface area contributed by atoms with Gasteiger partial charge in [-0.3, -0.25) is 0 Å². The highest BCUT2D eigenvalue weighted by molar-refractivity contribution is 6.70. The number of rotatable bonds is 11. The van der Waals surface area contributed by atoms with Crippen LogP contribution in [0.15, 0.2) is 30.3 Å². The zero-order valence-corrected chi connectivity index (χ0v) is 23.9. The van der Waals surface area contributed by atoms with Gasteiger partial charge in [0.25, 0.3) is 0 Å². The van der Waals surface area contributed by atoms with Crippen molar-refractivity contribution in [2.45, 2.75) is 91.1 Å². The van der Waals surface area contributed by atoms with Gasteiger partial charge in [-0.2, -0.15) is 5.10 Å². The number of aromatic nitrogens is 3. The molecular weight excluding hydrogens is 450 g/mol. The summed E-state index contributed by atoms with van der Waals surface area (Å²) < 4.78 is 19.9. The van der Waals surface area contributed by atoms with Crippen LogP contribution in [0.5, 0.6) is 0 Å². The predicted molar refractivity (Wildman–Crippen MR) is 136 cm³/mol. The van der Waals surface area contributed by atoms with Gasteiger partial charge in [0.2, 0.25) is 0 Å². The minimum Gasteiger partial charge on any atom is -0.464 e. The molecule has 3 atom stereocenters. The van der Waals surface area contributed by atoms with Gasteiger partial charge in [-0.1, -0.05) is 30.3 Å². The quantitative estimate of drug-likeness (QED) is 0.300. The molecule has 0 N–H and O–H groups in total. The van der Waals surface area contributed by atoms with Crippen molar-refractivity contribution in [2.75, 3.05) is 6.61 Å². The fourth-order valence-electron chi connectivity index (χ4n) is 3.82. The first-order valence-corrected chi connectivity index (χ1v) is 18.5. The Morgan fingerprint density at radius 2 is 1.55 bits per heavy atom. The molecule has 0 aliphatic carbocycles. The molecule has 1 unspecified atom stereocenters. The molecule has 0 saturated heterocycles. The maximum atomic E-state index is 13.4. The standard InChI is InChI=1S/C24H41N3O4Si2/c1-11-29-23(28)24(4,17-20-15-13-12-14-16-20)27-22(19(3)31-33(8,9)10)25-21(26-27)18(2)30-32(5,6)7/h12-16,18-19H,11,17H2,1-10H3/t18-,19-,24?/m0/s1. The normalized spacial score (nSPS) is 16.2. The minimum absolute atomic E-state index is 0.288. The van der Waals surface area contributed by atoms with Gasteiger partial charge in [0, 0.05) is 6.42 Å². The minimum atomic E-state index is -1.88. The van der Waals surface area contributed by atoms with Crippen LogP contribution in [0.25, 0.3) is 0 Å². The largest absolute Gasteiger partial charge is 0.464 e. The van der Waals surface area contributed by atoms with Crippen LogP contribution < -0.4 is 0 Å². The van der Waals surface area contributed by atoms with Gasteiger partial charge in [-0.15, -0.1) is 0 Å². The summed E-state index contributed by atoms with van der Waals surface area (Å²) in [6.45, 7) is 20.7. The Hall–Kier alpha value is -1.82. The van der Waals surface area contributed by atoms with Crippen LogP contribution in [-0.4, -0.2) is 44.0 Å². The van der Waals surface area contributed by atoms with Gasteiger partial charge in [0.1, 0.15) is 12.2 Å². The SMILES string of the molecule is CCOC(=O)C(C)(Cc1ccccc1)n1nc([C@H](C)O[Si](C)(C)C)nc1[C@H](C)O[Si](C)(C)C. The van der Waals surface area contributed by atoms with E-state index in [4.69, 9.17) is 23.7 Å². The van der Waals surface area contributed by atoms with E-state index in [9.17, 15) is 4.79 Å². The van der Waals surface area contributed by atoms with E-state index >= 15 is 0 Å². The molecule has 0 saturated carbocycles. The lowest BCUT2D eigenvalue weighted by Gasteiger charge is -2.31. The topological polar surface area (TPSA) is 75.5 Å². The summed E-state index contributed by atoms with van der Waals surface area (Å²) in [4.78, 5) is 18.2. The van der Waals surface area contributed by atoms with Gasteiger partial charge in [-0.05, 0) is 72.5 Å². The van der Waals surface area contributed by atoms with E-state index in [0.717, 1.165) is 5.56 Å². The lowest BCUT2D eigenvalue weighted by Crippen LogP contribution is -2.45. The number of benzene rings is 1. The van der Waals surface area contributed by atoms with Gasteiger partial charge in [0.15, 0.2) is 33.8 Å². The molecule has 1 heterocycles. The highest BCUT2D eigenvalue weighted by Crippen LogP contribution is 2.31. The summed E-state index contributed by atoms with van der Waals surface area (Å²) >= 11 is 0. The van der Waals surface area contributed by atoms with Crippen molar-refractivity contribution in [1.29, 1.82) is 0 Å². The third-order valence-electron chi connectivity index (χ3n) is 5.01. The first-order chi connectivity index (χ1) is 15.2. The Bertz CT molecular complexity index is 922. The third-order valence-corrected chi connectivity index (χ3v) is 7.13. The van der Waals surface area contributed by atoms with Gasteiger partial charge >= 0.3 is 5.97 Å². The summed E-state index contributed by atoms with van der Waals surface area (Å²) in [6, 6.07) is 9.91. The molecule has 184 valence electrons. The molecule has 0 fully saturated rings. The summed E-state index contributed by atoms with van der Waals surface area (Å²) in [7, 11) is -3.70. The van der Waals surface area contributed by atoms with Crippen molar-refractivity contribution in [3.05, 3.63) is 47.5 Å². The molecule has 0 aliphatic rings. The molecule has 33 heavy (non-hydrogen) atoms. The first kappa shape index (κ1) is 27.4. The fourth-order valence-corrected chi connectivity index (χ4v) is 6.15. The molecule has 1 aromatic heterocycles. The van der Waals surface area contributed by atoms with Crippen LogP contribution in [0.3, 0.4) is 0 Å². The van der Waals surface area contributed by atoms with Gasteiger partial charge in [-0.25, -0.2) is 14.5 Å². The lowest BCUT2D eigenvalue weighted by atomic mass is 9.92. The smallest absolute Gasteiger partial charge is 0.334 e. The van der Waals surface area contributed by atoms with Crippen LogP contribution >= 0.6 is 0 Å². The highest BCUT2D eigenvalue weighted by atomic mass is 28.4. The van der Waals surface area contributed by atoms with E-state index in [2.05, 4.69) is 39.3 Å². The summed E-state index contributed by atoms with van der Waals surface area (Å²) in [6.07, 6.45) is -0.203. The number of ether oxygens (including phenoxy) is 1. The van der Waals surface area contributed by atoms with E-state index in [1.807, 2.05) is 58.0 Å². The van der Waals surface area contributed by atoms with E-state index in [1.54, 1.807) is 4.68 Å². The Morgan fingerprint density at radius 1 is 1.00 bits per heavy atom. The Balaban J connectivity index is 2.64. The molecule has 2 aromatic rings. The molecule has 9 heteroatoms. The molecule has 0 bridgehead atoms. The number of hydrogen-bond acceptors (Lipinski definition) is 6. The van der Waals surface area contributed by atoms with Crippen LogP contribution in [0, 0.1) is 0 Å². The molecule has 0 amide bonds. The van der Waals surface area contributed by atoms with E-state index in [0.29, 0.717) is 18.1 Å². The van der Waals surface area contributed by atoms with Gasteiger partial charge < -0.3 is 13.6 Å². The monoisotopic (exact) mass is 491 g/mol. The number of carbonyl (C=O) groups is 1. The number of carbonyl (C=O) groups excluding carboxylic acids is 1. The third kappa shape index (κ3) is 7.60.